The van der Waals surface area contributed by atoms with Gasteiger partial charge in [0, 0.05) is 30.2 Å². The maximum Gasteiger partial charge on any atom is 0.246 e. The van der Waals surface area contributed by atoms with Gasteiger partial charge in [0.25, 0.3) is 0 Å². The minimum Gasteiger partial charge on any atom is -0.313 e. The third-order valence-corrected chi connectivity index (χ3v) is 4.36. The fraction of sp³-hybridized carbons (Fsp3) is 0.462. The van der Waals surface area contributed by atoms with E-state index >= 15 is 0 Å². The van der Waals surface area contributed by atoms with Gasteiger partial charge in [0.05, 0.1) is 6.67 Å². The summed E-state index contributed by atoms with van der Waals surface area (Å²) >= 11 is 1.72. The van der Waals surface area contributed by atoms with Crippen LogP contribution in [-0.4, -0.2) is 49.4 Å². The highest BCUT2D eigenvalue weighted by atomic mass is 35.5. The molecule has 1 atom stereocenters. The monoisotopic (exact) mass is 299 g/mol. The number of thioether (sulfide) groups is 1. The first kappa shape index (κ1) is 14.7. The van der Waals surface area contributed by atoms with Crippen LogP contribution in [0.15, 0.2) is 29.2 Å². The lowest BCUT2D eigenvalue weighted by atomic mass is 10.2. The Morgan fingerprint density at radius 2 is 2.05 bits per heavy atom. The molecular formula is C13H18ClN3OS. The van der Waals surface area contributed by atoms with E-state index in [1.54, 1.807) is 11.8 Å². The van der Waals surface area contributed by atoms with Crippen LogP contribution in [0.5, 0.6) is 0 Å². The van der Waals surface area contributed by atoms with Gasteiger partial charge in [-0.25, -0.2) is 0 Å². The van der Waals surface area contributed by atoms with E-state index < -0.39 is 0 Å². The maximum absolute atomic E-state index is 12.3. The Balaban J connectivity index is 0.00000133. The first-order valence-electron chi connectivity index (χ1n) is 6.20. The molecule has 0 bridgehead atoms. The summed E-state index contributed by atoms with van der Waals surface area (Å²) in [6, 6.07) is 8.25. The van der Waals surface area contributed by atoms with Crippen LogP contribution in [0.25, 0.3) is 0 Å². The summed E-state index contributed by atoms with van der Waals surface area (Å²) in [6.45, 7) is 3.43. The summed E-state index contributed by atoms with van der Waals surface area (Å²) < 4.78 is 0. The SMILES string of the molecule is CSc1ccc(N2CN3CCNCC3C2=O)cc1.Cl. The van der Waals surface area contributed by atoms with Gasteiger partial charge in [0.1, 0.15) is 6.04 Å². The molecule has 3 rings (SSSR count). The van der Waals surface area contributed by atoms with E-state index in [2.05, 4.69) is 28.6 Å². The molecule has 1 aromatic carbocycles. The van der Waals surface area contributed by atoms with Crippen LogP contribution in [0.2, 0.25) is 0 Å². The van der Waals surface area contributed by atoms with E-state index in [1.165, 1.54) is 4.90 Å². The second kappa shape index (κ2) is 6.13. The number of nitrogens with one attached hydrogen (secondary N) is 1. The fourth-order valence-electron chi connectivity index (χ4n) is 2.56. The molecule has 0 aromatic heterocycles. The number of piperazine rings is 1. The molecule has 0 spiro atoms. The second-order valence-electron chi connectivity index (χ2n) is 4.64. The molecule has 104 valence electrons. The molecule has 2 aliphatic heterocycles. The number of hydrogen-bond acceptors (Lipinski definition) is 4. The third-order valence-electron chi connectivity index (χ3n) is 3.61. The number of fused-ring (bicyclic) bond motifs is 1. The van der Waals surface area contributed by atoms with Crippen molar-refractivity contribution in [3.05, 3.63) is 24.3 Å². The molecule has 0 radical (unpaired) electrons. The van der Waals surface area contributed by atoms with Gasteiger partial charge in [0.15, 0.2) is 0 Å². The van der Waals surface area contributed by atoms with Gasteiger partial charge >= 0.3 is 0 Å². The number of rotatable bonds is 2. The molecule has 0 saturated carbocycles. The number of carbonyl (C=O) groups excluding carboxylic acids is 1. The number of benzene rings is 1. The average molecular weight is 300 g/mol. The van der Waals surface area contributed by atoms with Crippen molar-refractivity contribution < 1.29 is 4.79 Å². The summed E-state index contributed by atoms with van der Waals surface area (Å²) in [5, 5.41) is 3.28. The van der Waals surface area contributed by atoms with Crippen molar-refractivity contribution in [3.63, 3.8) is 0 Å². The molecule has 0 aliphatic carbocycles. The van der Waals surface area contributed by atoms with Crippen LogP contribution in [0.1, 0.15) is 0 Å². The van der Waals surface area contributed by atoms with Crippen molar-refractivity contribution >= 4 is 35.8 Å². The largest absolute Gasteiger partial charge is 0.313 e. The number of hydrogen-bond donors (Lipinski definition) is 1. The second-order valence-corrected chi connectivity index (χ2v) is 5.52. The highest BCUT2D eigenvalue weighted by molar-refractivity contribution is 7.98. The van der Waals surface area contributed by atoms with Crippen LogP contribution in [0, 0.1) is 0 Å². The Bertz CT molecular complexity index is 454. The van der Waals surface area contributed by atoms with E-state index in [1.807, 2.05) is 17.0 Å². The summed E-state index contributed by atoms with van der Waals surface area (Å²) in [7, 11) is 0. The van der Waals surface area contributed by atoms with E-state index in [0.717, 1.165) is 32.0 Å². The molecule has 2 heterocycles. The van der Waals surface area contributed by atoms with Gasteiger partial charge in [-0.3, -0.25) is 14.6 Å². The molecule has 2 fully saturated rings. The molecule has 1 unspecified atom stereocenters. The van der Waals surface area contributed by atoms with Crippen molar-refractivity contribution in [2.75, 3.05) is 37.5 Å². The van der Waals surface area contributed by atoms with Crippen molar-refractivity contribution in [2.45, 2.75) is 10.9 Å². The zero-order chi connectivity index (χ0) is 12.5. The molecule has 1 amide bonds. The molecule has 1 aromatic rings. The number of nitrogens with zero attached hydrogens (tertiary/aromatic N) is 2. The molecule has 2 aliphatic rings. The number of halogens is 1. The third kappa shape index (κ3) is 2.74. The van der Waals surface area contributed by atoms with Gasteiger partial charge in [-0.1, -0.05) is 0 Å². The number of amides is 1. The van der Waals surface area contributed by atoms with Gasteiger partial charge in [-0.05, 0) is 30.5 Å². The van der Waals surface area contributed by atoms with Gasteiger partial charge in [-0.15, -0.1) is 24.2 Å². The van der Waals surface area contributed by atoms with Crippen LogP contribution in [-0.2, 0) is 4.79 Å². The Morgan fingerprint density at radius 3 is 2.68 bits per heavy atom. The smallest absolute Gasteiger partial charge is 0.246 e. The van der Waals surface area contributed by atoms with Crippen LogP contribution >= 0.6 is 24.2 Å². The normalized spacial score (nSPS) is 23.1. The number of carbonyl (C=O) groups is 1. The van der Waals surface area contributed by atoms with Gasteiger partial charge in [0.2, 0.25) is 5.91 Å². The Kier molecular flexibility index (Phi) is 4.73. The first-order valence-corrected chi connectivity index (χ1v) is 7.42. The summed E-state index contributed by atoms with van der Waals surface area (Å²) in [5.74, 6) is 0.221. The highest BCUT2D eigenvalue weighted by Crippen LogP contribution is 2.26. The number of anilines is 1. The average Bonchev–Trinajstić information content (AvgIpc) is 2.77. The minimum absolute atomic E-state index is 0. The fourth-order valence-corrected chi connectivity index (χ4v) is 2.97. The highest BCUT2D eigenvalue weighted by Gasteiger charge is 2.39. The molecule has 6 heteroatoms. The van der Waals surface area contributed by atoms with Crippen LogP contribution in [0.3, 0.4) is 0 Å². The van der Waals surface area contributed by atoms with Gasteiger partial charge < -0.3 is 5.32 Å². The topological polar surface area (TPSA) is 35.6 Å². The zero-order valence-corrected chi connectivity index (χ0v) is 12.5. The summed E-state index contributed by atoms with van der Waals surface area (Å²) in [6.07, 6.45) is 2.06. The Labute approximate surface area is 123 Å². The van der Waals surface area contributed by atoms with Crippen LogP contribution in [0.4, 0.5) is 5.69 Å². The Morgan fingerprint density at radius 1 is 1.32 bits per heavy atom. The predicted octanol–water partition coefficient (Wildman–Crippen LogP) is 1.41. The molecule has 19 heavy (non-hydrogen) atoms. The lowest BCUT2D eigenvalue weighted by Crippen LogP contribution is -2.50. The Hall–Kier alpha value is -0.750. The van der Waals surface area contributed by atoms with Crippen molar-refractivity contribution in [1.29, 1.82) is 0 Å². The summed E-state index contributed by atoms with van der Waals surface area (Å²) in [4.78, 5) is 17.7. The van der Waals surface area contributed by atoms with Gasteiger partial charge in [-0.2, -0.15) is 0 Å². The maximum atomic E-state index is 12.3. The van der Waals surface area contributed by atoms with E-state index in [0.29, 0.717) is 0 Å². The molecule has 1 N–H and O–H groups in total. The van der Waals surface area contributed by atoms with E-state index in [9.17, 15) is 4.79 Å². The van der Waals surface area contributed by atoms with Crippen molar-refractivity contribution in [1.82, 2.24) is 10.2 Å². The zero-order valence-electron chi connectivity index (χ0n) is 10.8. The molecule has 4 nitrogen and oxygen atoms in total. The lowest BCUT2D eigenvalue weighted by molar-refractivity contribution is -0.119. The molecular weight excluding hydrogens is 282 g/mol. The minimum atomic E-state index is 0. The van der Waals surface area contributed by atoms with Crippen LogP contribution < -0.4 is 10.2 Å². The predicted molar refractivity (Wildman–Crippen MR) is 81.2 cm³/mol. The first-order chi connectivity index (χ1) is 8.79. The van der Waals surface area contributed by atoms with E-state index in [4.69, 9.17) is 0 Å². The van der Waals surface area contributed by atoms with Crippen molar-refractivity contribution in [3.8, 4) is 0 Å². The summed E-state index contributed by atoms with van der Waals surface area (Å²) in [5.41, 5.74) is 1.01. The lowest BCUT2D eigenvalue weighted by Gasteiger charge is -2.26. The van der Waals surface area contributed by atoms with E-state index in [-0.39, 0.29) is 24.4 Å². The quantitative estimate of drug-likeness (QED) is 0.838. The molecule has 2 saturated heterocycles. The standard InChI is InChI=1S/C13H17N3OS.ClH/c1-18-11-4-2-10(3-5-11)16-9-15-7-6-14-8-12(15)13(16)17;/h2-5,12,14H,6-9H2,1H3;1H. The van der Waals surface area contributed by atoms with Crippen molar-refractivity contribution in [2.24, 2.45) is 0 Å².